The van der Waals surface area contributed by atoms with Crippen molar-refractivity contribution in [1.82, 2.24) is 4.72 Å². The van der Waals surface area contributed by atoms with E-state index >= 15 is 0 Å². The molecule has 1 unspecified atom stereocenters. The van der Waals surface area contributed by atoms with Gasteiger partial charge in [-0.15, -0.1) is 0 Å². The highest BCUT2D eigenvalue weighted by atomic mass is 35.5. The van der Waals surface area contributed by atoms with Gasteiger partial charge < -0.3 is 10.1 Å². The Morgan fingerprint density at radius 1 is 1.14 bits per heavy atom. The number of nitrogens with one attached hydrogen (secondary N) is 2. The average Bonchev–Trinajstić information content (AvgIpc) is 2.62. The summed E-state index contributed by atoms with van der Waals surface area (Å²) >= 11 is 5.70. The van der Waals surface area contributed by atoms with Gasteiger partial charge in [0.05, 0.1) is 10.6 Å². The smallest absolute Gasteiger partial charge is 0.324 e. The Bertz CT molecular complexity index is 984. The van der Waals surface area contributed by atoms with Crippen LogP contribution < -0.4 is 10.0 Å². The summed E-state index contributed by atoms with van der Waals surface area (Å²) < 4.78 is 57.5. The molecule has 2 aromatic rings. The van der Waals surface area contributed by atoms with Crippen molar-refractivity contribution < 1.29 is 31.5 Å². The number of carbonyl (C=O) groups is 2. The SMILES string of the molecule is CC(NS(=O)(=O)c1ccc(Cl)cc1)C(=O)OCC(=O)Nc1ccc(F)cc1F. The third-order valence-corrected chi connectivity index (χ3v) is 5.17. The van der Waals surface area contributed by atoms with Gasteiger partial charge in [0.15, 0.2) is 6.61 Å². The minimum absolute atomic E-state index is 0.110. The normalized spacial score (nSPS) is 12.3. The predicted molar refractivity (Wildman–Crippen MR) is 97.2 cm³/mol. The summed E-state index contributed by atoms with van der Waals surface area (Å²) in [6.45, 7) is 0.440. The molecule has 1 amide bonds. The van der Waals surface area contributed by atoms with Crippen LogP contribution in [0.25, 0.3) is 0 Å². The summed E-state index contributed by atoms with van der Waals surface area (Å²) in [5, 5.41) is 2.44. The second-order valence-corrected chi connectivity index (χ2v) is 7.73. The Hall–Kier alpha value is -2.56. The molecule has 0 saturated heterocycles. The number of benzene rings is 2. The fourth-order valence-electron chi connectivity index (χ4n) is 2.00. The highest BCUT2D eigenvalue weighted by molar-refractivity contribution is 7.89. The van der Waals surface area contributed by atoms with Crippen LogP contribution >= 0.6 is 11.6 Å². The first-order chi connectivity index (χ1) is 13.1. The molecule has 7 nitrogen and oxygen atoms in total. The van der Waals surface area contributed by atoms with Crippen molar-refractivity contribution in [2.24, 2.45) is 0 Å². The number of hydrogen-bond donors (Lipinski definition) is 2. The summed E-state index contributed by atoms with van der Waals surface area (Å²) in [7, 11) is -4.01. The zero-order valence-corrected chi connectivity index (χ0v) is 16.0. The number of ether oxygens (including phenoxy) is 1. The van der Waals surface area contributed by atoms with Crippen molar-refractivity contribution in [2.45, 2.75) is 17.9 Å². The minimum atomic E-state index is -4.01. The lowest BCUT2D eigenvalue weighted by atomic mass is 10.3. The molecule has 0 fully saturated rings. The molecule has 28 heavy (non-hydrogen) atoms. The van der Waals surface area contributed by atoms with Crippen LogP contribution in [0.4, 0.5) is 14.5 Å². The molecular weight excluding hydrogens is 418 g/mol. The maximum absolute atomic E-state index is 13.5. The summed E-state index contributed by atoms with van der Waals surface area (Å²) in [6.07, 6.45) is 0. The summed E-state index contributed by atoms with van der Waals surface area (Å²) in [6, 6.07) is 6.49. The predicted octanol–water partition coefficient (Wildman–Crippen LogP) is 2.47. The van der Waals surface area contributed by atoms with Gasteiger partial charge in [-0.25, -0.2) is 17.2 Å². The zero-order valence-electron chi connectivity index (χ0n) is 14.4. The molecule has 1 atom stereocenters. The third kappa shape index (κ3) is 5.98. The van der Waals surface area contributed by atoms with E-state index in [0.29, 0.717) is 11.1 Å². The van der Waals surface area contributed by atoms with E-state index in [4.69, 9.17) is 16.3 Å². The van der Waals surface area contributed by atoms with Crippen molar-refractivity contribution in [3.8, 4) is 0 Å². The Morgan fingerprint density at radius 2 is 1.79 bits per heavy atom. The van der Waals surface area contributed by atoms with Crippen LogP contribution in [-0.2, 0) is 24.3 Å². The van der Waals surface area contributed by atoms with Crippen molar-refractivity contribution in [3.05, 3.63) is 59.1 Å². The summed E-state index contributed by atoms with van der Waals surface area (Å²) in [5.74, 6) is -3.72. The van der Waals surface area contributed by atoms with Crippen LogP contribution in [0, 0.1) is 11.6 Å². The van der Waals surface area contributed by atoms with E-state index in [1.165, 1.54) is 31.2 Å². The molecule has 0 aromatic heterocycles. The van der Waals surface area contributed by atoms with Crippen LogP contribution in [0.5, 0.6) is 0 Å². The Balaban J connectivity index is 1.89. The molecule has 0 heterocycles. The summed E-state index contributed by atoms with van der Waals surface area (Å²) in [5.41, 5.74) is -0.293. The van der Waals surface area contributed by atoms with Crippen LogP contribution in [0.3, 0.4) is 0 Å². The van der Waals surface area contributed by atoms with E-state index in [-0.39, 0.29) is 10.6 Å². The molecule has 2 aromatic carbocycles. The molecule has 0 aliphatic heterocycles. The molecule has 0 aliphatic rings. The average molecular weight is 433 g/mol. The molecule has 0 aliphatic carbocycles. The van der Waals surface area contributed by atoms with E-state index in [2.05, 4.69) is 10.0 Å². The lowest BCUT2D eigenvalue weighted by Gasteiger charge is -2.14. The standard InChI is InChI=1S/C17H15ClF2N2O5S/c1-10(22-28(25,26)13-5-2-11(18)3-6-13)17(24)27-9-16(23)21-15-7-4-12(19)8-14(15)20/h2-8,10,22H,9H2,1H3,(H,21,23). The first-order valence-corrected chi connectivity index (χ1v) is 9.64. The molecule has 0 radical (unpaired) electrons. The van der Waals surface area contributed by atoms with Gasteiger partial charge in [-0.2, -0.15) is 4.72 Å². The summed E-state index contributed by atoms with van der Waals surface area (Å²) in [4.78, 5) is 23.5. The fraction of sp³-hybridized carbons (Fsp3) is 0.176. The number of rotatable bonds is 7. The maximum Gasteiger partial charge on any atom is 0.324 e. The van der Waals surface area contributed by atoms with Crippen molar-refractivity contribution in [3.63, 3.8) is 0 Å². The molecule has 150 valence electrons. The molecule has 0 spiro atoms. The van der Waals surface area contributed by atoms with Crippen LogP contribution in [-0.4, -0.2) is 32.9 Å². The minimum Gasteiger partial charge on any atom is -0.454 e. The van der Waals surface area contributed by atoms with E-state index in [1.807, 2.05) is 0 Å². The van der Waals surface area contributed by atoms with Gasteiger partial charge in [-0.1, -0.05) is 11.6 Å². The number of amides is 1. The van der Waals surface area contributed by atoms with Crippen molar-refractivity contribution in [1.29, 1.82) is 0 Å². The number of sulfonamides is 1. The molecule has 2 N–H and O–H groups in total. The van der Waals surface area contributed by atoms with Crippen LogP contribution in [0.1, 0.15) is 6.92 Å². The highest BCUT2D eigenvalue weighted by Gasteiger charge is 2.23. The second-order valence-electron chi connectivity index (χ2n) is 5.58. The molecule has 0 saturated carbocycles. The number of anilines is 1. The number of halogens is 3. The monoisotopic (exact) mass is 432 g/mol. The Morgan fingerprint density at radius 3 is 2.39 bits per heavy atom. The number of hydrogen-bond acceptors (Lipinski definition) is 5. The van der Waals surface area contributed by atoms with Crippen LogP contribution in [0.15, 0.2) is 47.4 Å². The largest absolute Gasteiger partial charge is 0.454 e. The lowest BCUT2D eigenvalue weighted by Crippen LogP contribution is -2.40. The van der Waals surface area contributed by atoms with Crippen molar-refractivity contribution >= 4 is 39.2 Å². The van der Waals surface area contributed by atoms with Gasteiger partial charge >= 0.3 is 5.97 Å². The maximum atomic E-state index is 13.5. The van der Waals surface area contributed by atoms with Gasteiger partial charge in [-0.05, 0) is 43.3 Å². The van der Waals surface area contributed by atoms with Gasteiger partial charge in [0.1, 0.15) is 17.7 Å². The van der Waals surface area contributed by atoms with Gasteiger partial charge in [0.25, 0.3) is 5.91 Å². The van der Waals surface area contributed by atoms with Gasteiger partial charge in [0, 0.05) is 11.1 Å². The topological polar surface area (TPSA) is 102 Å². The lowest BCUT2D eigenvalue weighted by molar-refractivity contribution is -0.148. The quantitative estimate of drug-likeness (QED) is 0.654. The molecule has 0 bridgehead atoms. The molecule has 2 rings (SSSR count). The van der Waals surface area contributed by atoms with E-state index in [1.54, 1.807) is 0 Å². The second kappa shape index (κ2) is 9.09. The highest BCUT2D eigenvalue weighted by Crippen LogP contribution is 2.15. The van der Waals surface area contributed by atoms with E-state index < -0.39 is 46.2 Å². The molecule has 11 heteroatoms. The molecular formula is C17H15ClF2N2O5S. The first kappa shape index (κ1) is 21.7. The Kier molecular flexibility index (Phi) is 7.05. The number of esters is 1. The first-order valence-electron chi connectivity index (χ1n) is 7.78. The zero-order chi connectivity index (χ0) is 20.9. The fourth-order valence-corrected chi connectivity index (χ4v) is 3.32. The third-order valence-electron chi connectivity index (χ3n) is 3.36. The van der Waals surface area contributed by atoms with Crippen molar-refractivity contribution in [2.75, 3.05) is 11.9 Å². The Labute approximate surface area is 164 Å². The van der Waals surface area contributed by atoms with Gasteiger partial charge in [0.2, 0.25) is 10.0 Å². The van der Waals surface area contributed by atoms with E-state index in [9.17, 15) is 26.8 Å². The number of carbonyl (C=O) groups excluding carboxylic acids is 2. The van der Waals surface area contributed by atoms with Gasteiger partial charge in [-0.3, -0.25) is 9.59 Å². The van der Waals surface area contributed by atoms with E-state index in [0.717, 1.165) is 12.1 Å². The van der Waals surface area contributed by atoms with Crippen LogP contribution in [0.2, 0.25) is 5.02 Å².